The standard InChI is InChI=1S/C17H24N2O4/c1-16(2,3)23-15(22)19-13(11-7-5-4-6-8-11)17(14(20)21)9-12(18)10-17/h4-8,12-13H,9-10,18H2,1-3H3,(H,19,22)(H,20,21). The third kappa shape index (κ3) is 3.82. The highest BCUT2D eigenvalue weighted by Crippen LogP contribution is 2.50. The Morgan fingerprint density at radius 2 is 1.87 bits per heavy atom. The van der Waals surface area contributed by atoms with Gasteiger partial charge in [0.25, 0.3) is 0 Å². The molecule has 1 atom stereocenters. The largest absolute Gasteiger partial charge is 0.481 e. The topological polar surface area (TPSA) is 102 Å². The monoisotopic (exact) mass is 320 g/mol. The van der Waals surface area contributed by atoms with Crippen LogP contribution in [0.1, 0.15) is 45.2 Å². The van der Waals surface area contributed by atoms with Gasteiger partial charge in [0.1, 0.15) is 5.60 Å². The first-order valence-corrected chi connectivity index (χ1v) is 7.67. The first-order chi connectivity index (χ1) is 10.6. The van der Waals surface area contributed by atoms with Gasteiger partial charge in [-0.1, -0.05) is 30.3 Å². The maximum Gasteiger partial charge on any atom is 0.408 e. The zero-order valence-corrected chi connectivity index (χ0v) is 13.7. The second-order valence-corrected chi connectivity index (χ2v) is 7.12. The molecule has 1 aromatic carbocycles. The van der Waals surface area contributed by atoms with Crippen molar-refractivity contribution in [3.63, 3.8) is 0 Å². The van der Waals surface area contributed by atoms with Crippen LogP contribution in [0, 0.1) is 5.41 Å². The number of carbonyl (C=O) groups is 2. The molecule has 1 unspecified atom stereocenters. The van der Waals surface area contributed by atoms with Crippen LogP contribution in [0.25, 0.3) is 0 Å². The van der Waals surface area contributed by atoms with Crippen molar-refractivity contribution in [1.82, 2.24) is 5.32 Å². The fourth-order valence-corrected chi connectivity index (χ4v) is 3.02. The van der Waals surface area contributed by atoms with Gasteiger partial charge in [-0.2, -0.15) is 0 Å². The summed E-state index contributed by atoms with van der Waals surface area (Å²) in [5.74, 6) is -0.955. The van der Waals surface area contributed by atoms with Gasteiger partial charge in [0.2, 0.25) is 0 Å². The van der Waals surface area contributed by atoms with E-state index in [0.29, 0.717) is 12.8 Å². The van der Waals surface area contributed by atoms with Gasteiger partial charge in [-0.15, -0.1) is 0 Å². The number of hydrogen-bond donors (Lipinski definition) is 3. The average molecular weight is 320 g/mol. The zero-order chi connectivity index (χ0) is 17.3. The minimum absolute atomic E-state index is 0.169. The highest BCUT2D eigenvalue weighted by atomic mass is 16.6. The molecule has 0 radical (unpaired) electrons. The Morgan fingerprint density at radius 1 is 1.30 bits per heavy atom. The molecule has 0 spiro atoms. The molecule has 1 aromatic rings. The van der Waals surface area contributed by atoms with Gasteiger partial charge in [-0.3, -0.25) is 4.79 Å². The van der Waals surface area contributed by atoms with E-state index in [1.807, 2.05) is 18.2 Å². The Bertz CT molecular complexity index is 574. The molecule has 23 heavy (non-hydrogen) atoms. The normalized spacial score (nSPS) is 25.1. The Morgan fingerprint density at radius 3 is 2.30 bits per heavy atom. The van der Waals surface area contributed by atoms with E-state index >= 15 is 0 Å². The van der Waals surface area contributed by atoms with Gasteiger partial charge in [-0.25, -0.2) is 4.79 Å². The van der Waals surface area contributed by atoms with Crippen LogP contribution >= 0.6 is 0 Å². The van der Waals surface area contributed by atoms with Crippen LogP contribution in [-0.4, -0.2) is 28.8 Å². The summed E-state index contributed by atoms with van der Waals surface area (Å²) in [6.45, 7) is 5.28. The van der Waals surface area contributed by atoms with Crippen molar-refractivity contribution in [2.24, 2.45) is 11.1 Å². The molecular weight excluding hydrogens is 296 g/mol. The van der Waals surface area contributed by atoms with E-state index in [0.717, 1.165) is 5.56 Å². The van der Waals surface area contributed by atoms with E-state index in [-0.39, 0.29) is 6.04 Å². The van der Waals surface area contributed by atoms with E-state index in [4.69, 9.17) is 10.5 Å². The predicted molar refractivity (Wildman–Crippen MR) is 85.8 cm³/mol. The molecule has 0 aromatic heterocycles. The van der Waals surface area contributed by atoms with Crippen molar-refractivity contribution < 1.29 is 19.4 Å². The van der Waals surface area contributed by atoms with Gasteiger partial charge in [0.05, 0.1) is 11.5 Å². The fraction of sp³-hybridized carbons (Fsp3) is 0.529. The van der Waals surface area contributed by atoms with Crippen LogP contribution in [0.5, 0.6) is 0 Å². The SMILES string of the molecule is CC(C)(C)OC(=O)NC(c1ccccc1)C1(C(=O)O)CC(N)C1. The number of benzene rings is 1. The number of alkyl carbamates (subject to hydrolysis) is 1. The Labute approximate surface area is 136 Å². The summed E-state index contributed by atoms with van der Waals surface area (Å²) in [7, 11) is 0. The van der Waals surface area contributed by atoms with E-state index in [1.165, 1.54) is 0 Å². The predicted octanol–water partition coefficient (Wildman–Crippen LogP) is 2.44. The van der Waals surface area contributed by atoms with Gasteiger partial charge in [0, 0.05) is 6.04 Å². The van der Waals surface area contributed by atoms with Crippen LogP contribution in [0.4, 0.5) is 4.79 Å². The van der Waals surface area contributed by atoms with Gasteiger partial charge < -0.3 is 20.9 Å². The van der Waals surface area contributed by atoms with Crippen molar-refractivity contribution in [2.75, 3.05) is 0 Å². The number of hydrogen-bond acceptors (Lipinski definition) is 4. The molecule has 2 rings (SSSR count). The van der Waals surface area contributed by atoms with Crippen LogP contribution in [0.3, 0.4) is 0 Å². The maximum atomic E-state index is 12.2. The number of nitrogens with two attached hydrogens (primary N) is 1. The molecule has 0 bridgehead atoms. The molecule has 6 heteroatoms. The third-order valence-corrected chi connectivity index (χ3v) is 4.03. The maximum absolute atomic E-state index is 12.2. The lowest BCUT2D eigenvalue weighted by atomic mass is 9.60. The van der Waals surface area contributed by atoms with Crippen LogP contribution in [0.2, 0.25) is 0 Å². The summed E-state index contributed by atoms with van der Waals surface area (Å²) >= 11 is 0. The molecule has 6 nitrogen and oxygen atoms in total. The molecular formula is C17H24N2O4. The van der Waals surface area contributed by atoms with E-state index < -0.39 is 29.1 Å². The minimum Gasteiger partial charge on any atom is -0.481 e. The second-order valence-electron chi connectivity index (χ2n) is 7.12. The van der Waals surface area contributed by atoms with Crippen LogP contribution < -0.4 is 11.1 Å². The number of aliphatic carboxylic acids is 1. The number of ether oxygens (including phenoxy) is 1. The molecule has 1 saturated carbocycles. The number of carboxylic acid groups (broad SMARTS) is 1. The molecule has 126 valence electrons. The molecule has 0 saturated heterocycles. The molecule has 0 aliphatic heterocycles. The van der Waals surface area contributed by atoms with Crippen LogP contribution in [0.15, 0.2) is 30.3 Å². The number of carboxylic acids is 1. The van der Waals surface area contributed by atoms with Gasteiger partial charge in [0.15, 0.2) is 0 Å². The molecule has 1 aliphatic rings. The van der Waals surface area contributed by atoms with E-state index in [9.17, 15) is 14.7 Å². The summed E-state index contributed by atoms with van der Waals surface area (Å²) in [4.78, 5) is 24.1. The molecule has 1 fully saturated rings. The summed E-state index contributed by atoms with van der Waals surface area (Å²) < 4.78 is 5.29. The van der Waals surface area contributed by atoms with Crippen molar-refractivity contribution in [1.29, 1.82) is 0 Å². The summed E-state index contributed by atoms with van der Waals surface area (Å²) in [5.41, 5.74) is 4.81. The molecule has 0 heterocycles. The highest BCUT2D eigenvalue weighted by molar-refractivity contribution is 5.79. The van der Waals surface area contributed by atoms with Gasteiger partial charge in [-0.05, 0) is 39.2 Å². The number of amides is 1. The second kappa shape index (κ2) is 6.20. The number of nitrogens with one attached hydrogen (secondary N) is 1. The lowest BCUT2D eigenvalue weighted by Crippen LogP contribution is -2.58. The van der Waals surface area contributed by atoms with Crippen molar-refractivity contribution in [3.8, 4) is 0 Å². The summed E-state index contributed by atoms with van der Waals surface area (Å²) in [5, 5.41) is 12.5. The highest BCUT2D eigenvalue weighted by Gasteiger charge is 2.55. The van der Waals surface area contributed by atoms with Crippen molar-refractivity contribution in [3.05, 3.63) is 35.9 Å². The molecule has 1 aliphatic carbocycles. The van der Waals surface area contributed by atoms with Crippen LogP contribution in [-0.2, 0) is 9.53 Å². The van der Waals surface area contributed by atoms with Crippen molar-refractivity contribution in [2.45, 2.75) is 51.3 Å². The minimum atomic E-state index is -1.10. The fourth-order valence-electron chi connectivity index (χ4n) is 3.02. The van der Waals surface area contributed by atoms with E-state index in [2.05, 4.69) is 5.32 Å². The zero-order valence-electron chi connectivity index (χ0n) is 13.7. The molecule has 1 amide bonds. The quantitative estimate of drug-likeness (QED) is 0.791. The Kier molecular flexibility index (Phi) is 4.66. The first-order valence-electron chi connectivity index (χ1n) is 7.67. The lowest BCUT2D eigenvalue weighted by Gasteiger charge is -2.47. The van der Waals surface area contributed by atoms with E-state index in [1.54, 1.807) is 32.9 Å². The lowest BCUT2D eigenvalue weighted by molar-refractivity contribution is -0.158. The third-order valence-electron chi connectivity index (χ3n) is 4.03. The Balaban J connectivity index is 2.30. The summed E-state index contributed by atoms with van der Waals surface area (Å²) in [6, 6.07) is 8.22. The van der Waals surface area contributed by atoms with Gasteiger partial charge >= 0.3 is 12.1 Å². The number of carbonyl (C=O) groups excluding carboxylic acids is 1. The smallest absolute Gasteiger partial charge is 0.408 e. The average Bonchev–Trinajstić information content (AvgIpc) is 2.40. The summed E-state index contributed by atoms with van der Waals surface area (Å²) in [6.07, 6.45) is 0.00232. The Hall–Kier alpha value is -2.08. The van der Waals surface area contributed by atoms with Crippen molar-refractivity contribution >= 4 is 12.1 Å². The molecule has 4 N–H and O–H groups in total. The first kappa shape index (κ1) is 17.3. The number of rotatable bonds is 4.